The molecule has 31 heavy (non-hydrogen) atoms. The Hall–Kier alpha value is -2.13. The Morgan fingerprint density at radius 2 is 2.10 bits per heavy atom. The number of fused-ring (bicyclic) bond motifs is 1. The molecule has 4 heterocycles. The summed E-state index contributed by atoms with van der Waals surface area (Å²) in [4.78, 5) is 16.1. The summed E-state index contributed by atoms with van der Waals surface area (Å²) >= 11 is 5.94. The Morgan fingerprint density at radius 1 is 1.32 bits per heavy atom. The number of aliphatic imine (C=N–C) groups is 1. The van der Waals surface area contributed by atoms with Crippen molar-refractivity contribution in [2.45, 2.75) is 45.1 Å². The van der Waals surface area contributed by atoms with Gasteiger partial charge in [0.05, 0.1) is 42.3 Å². The van der Waals surface area contributed by atoms with Crippen LogP contribution in [0.15, 0.2) is 23.2 Å². The first-order valence-corrected chi connectivity index (χ1v) is 10.9. The van der Waals surface area contributed by atoms with Crippen molar-refractivity contribution in [3.63, 3.8) is 0 Å². The molecule has 0 radical (unpaired) electrons. The summed E-state index contributed by atoms with van der Waals surface area (Å²) in [5.74, 6) is 0.137. The van der Waals surface area contributed by atoms with E-state index in [-0.39, 0.29) is 29.2 Å². The molecule has 3 aliphatic heterocycles. The number of aromatic nitrogens is 2. The minimum Gasteiger partial charge on any atom is -0.390 e. The van der Waals surface area contributed by atoms with Crippen LogP contribution >= 0.6 is 11.6 Å². The van der Waals surface area contributed by atoms with E-state index in [1.165, 1.54) is 6.07 Å². The zero-order chi connectivity index (χ0) is 21.8. The highest BCUT2D eigenvalue weighted by molar-refractivity contribution is 6.31. The van der Waals surface area contributed by atoms with Gasteiger partial charge >= 0.3 is 0 Å². The van der Waals surface area contributed by atoms with Gasteiger partial charge in [0, 0.05) is 30.1 Å². The van der Waals surface area contributed by atoms with Gasteiger partial charge in [-0.1, -0.05) is 17.7 Å². The molecule has 3 N–H and O–H groups in total. The molecule has 1 aromatic heterocycles. The highest BCUT2D eigenvalue weighted by Crippen LogP contribution is 2.42. The molecule has 2 fully saturated rings. The van der Waals surface area contributed by atoms with Crippen LogP contribution in [0.3, 0.4) is 0 Å². The van der Waals surface area contributed by atoms with Gasteiger partial charge in [-0.05, 0) is 31.9 Å². The van der Waals surface area contributed by atoms with Gasteiger partial charge < -0.3 is 20.5 Å². The van der Waals surface area contributed by atoms with Crippen LogP contribution in [0.25, 0.3) is 0 Å². The van der Waals surface area contributed by atoms with Crippen LogP contribution in [-0.4, -0.2) is 52.6 Å². The van der Waals surface area contributed by atoms with E-state index < -0.39 is 5.82 Å². The third-order valence-corrected chi connectivity index (χ3v) is 7.18. The maximum atomic E-state index is 14.6. The smallest absolute Gasteiger partial charge is 0.153 e. The van der Waals surface area contributed by atoms with Gasteiger partial charge in [0.25, 0.3) is 0 Å². The molecule has 5 rings (SSSR count). The van der Waals surface area contributed by atoms with Crippen LogP contribution in [0.1, 0.15) is 42.4 Å². The lowest BCUT2D eigenvalue weighted by Crippen LogP contribution is -2.51. The molecule has 1 aromatic carbocycles. The first-order valence-electron chi connectivity index (χ1n) is 10.6. The number of ether oxygens (including phenoxy) is 1. The number of nitrogens with two attached hydrogens (primary N) is 1. The molecule has 0 bridgehead atoms. The highest BCUT2D eigenvalue weighted by atomic mass is 35.5. The summed E-state index contributed by atoms with van der Waals surface area (Å²) in [6.07, 6.45) is 1.87. The lowest BCUT2D eigenvalue weighted by atomic mass is 9.73. The van der Waals surface area contributed by atoms with E-state index in [2.05, 4.69) is 14.9 Å². The minimum atomic E-state index is -0.530. The summed E-state index contributed by atoms with van der Waals surface area (Å²) < 4.78 is 20.4. The molecule has 0 unspecified atom stereocenters. The number of hydrogen-bond donors (Lipinski definition) is 2. The van der Waals surface area contributed by atoms with E-state index in [9.17, 15) is 9.50 Å². The van der Waals surface area contributed by atoms with Crippen molar-refractivity contribution in [2.24, 2.45) is 16.1 Å². The van der Waals surface area contributed by atoms with Gasteiger partial charge in [0.15, 0.2) is 11.6 Å². The number of benzene rings is 1. The van der Waals surface area contributed by atoms with Crippen molar-refractivity contribution in [3.05, 3.63) is 51.7 Å². The van der Waals surface area contributed by atoms with Gasteiger partial charge in [-0.2, -0.15) is 0 Å². The average molecular weight is 446 g/mol. The minimum absolute atomic E-state index is 0.000163. The summed E-state index contributed by atoms with van der Waals surface area (Å²) in [5.41, 5.74) is 8.79. The van der Waals surface area contributed by atoms with E-state index >= 15 is 0 Å². The molecular weight excluding hydrogens is 421 g/mol. The van der Waals surface area contributed by atoms with Crippen LogP contribution in [0, 0.1) is 11.2 Å². The van der Waals surface area contributed by atoms with E-state index in [1.54, 1.807) is 12.1 Å². The molecule has 1 spiro atoms. The van der Waals surface area contributed by atoms with E-state index in [0.29, 0.717) is 47.3 Å². The van der Waals surface area contributed by atoms with E-state index in [1.807, 2.05) is 6.92 Å². The highest BCUT2D eigenvalue weighted by Gasteiger charge is 2.47. The van der Waals surface area contributed by atoms with Crippen molar-refractivity contribution < 1.29 is 14.2 Å². The topological polar surface area (TPSA) is 96.9 Å². The predicted molar refractivity (Wildman–Crippen MR) is 116 cm³/mol. The fraction of sp³-hybridized carbons (Fsp3) is 0.500. The van der Waals surface area contributed by atoms with Gasteiger partial charge in [-0.25, -0.2) is 14.4 Å². The molecule has 3 aliphatic rings. The molecule has 2 atom stereocenters. The SMILES string of the molecule is C[C@@H]1OCC2(CCN(c3nc4c(nc3CO)C(c3cccc(Cl)c3F)=NC4)CC2)[C@@H]1N. The fourth-order valence-electron chi connectivity index (χ4n) is 4.92. The van der Waals surface area contributed by atoms with Crippen LogP contribution < -0.4 is 10.6 Å². The number of aliphatic hydroxyl groups is 1. The van der Waals surface area contributed by atoms with Gasteiger partial charge in [-0.15, -0.1) is 0 Å². The number of aliphatic hydroxyl groups excluding tert-OH is 1. The zero-order valence-corrected chi connectivity index (χ0v) is 18.1. The monoisotopic (exact) mass is 445 g/mol. The number of nitrogens with zero attached hydrogens (tertiary/aromatic N) is 4. The zero-order valence-electron chi connectivity index (χ0n) is 17.3. The molecule has 0 amide bonds. The van der Waals surface area contributed by atoms with Crippen LogP contribution in [-0.2, 0) is 17.9 Å². The van der Waals surface area contributed by atoms with Crippen molar-refractivity contribution in [1.29, 1.82) is 0 Å². The molecule has 2 saturated heterocycles. The van der Waals surface area contributed by atoms with Gasteiger partial charge in [-0.3, -0.25) is 4.99 Å². The largest absolute Gasteiger partial charge is 0.390 e. The number of halogens is 2. The number of piperidine rings is 1. The normalized spacial score (nSPS) is 24.5. The average Bonchev–Trinajstić information content (AvgIpc) is 3.32. The predicted octanol–water partition coefficient (Wildman–Crippen LogP) is 2.45. The third-order valence-electron chi connectivity index (χ3n) is 6.89. The molecule has 7 nitrogen and oxygen atoms in total. The third kappa shape index (κ3) is 3.33. The fourth-order valence-corrected chi connectivity index (χ4v) is 5.09. The standard InChI is InChI=1S/C22H25ClFN5O2/c1-12-20(25)22(11-31-12)5-7-29(8-6-22)21-16(10-30)27-19-15(28-21)9-26-18(19)13-3-2-4-14(23)17(13)24/h2-4,12,20,30H,5-11,25H2,1H3/t12-,20+/m0/s1. The maximum Gasteiger partial charge on any atom is 0.153 e. The Bertz CT molecular complexity index is 1050. The van der Waals surface area contributed by atoms with Crippen LogP contribution in [0.4, 0.5) is 10.2 Å². The van der Waals surface area contributed by atoms with E-state index in [4.69, 9.17) is 27.1 Å². The second-order valence-electron chi connectivity index (χ2n) is 8.60. The van der Waals surface area contributed by atoms with Crippen molar-refractivity contribution in [1.82, 2.24) is 9.97 Å². The second kappa shape index (κ2) is 7.78. The lowest BCUT2D eigenvalue weighted by molar-refractivity contribution is 0.0973. The van der Waals surface area contributed by atoms with Crippen molar-refractivity contribution in [2.75, 3.05) is 24.6 Å². The number of rotatable bonds is 3. The molecule has 9 heteroatoms. The van der Waals surface area contributed by atoms with Gasteiger partial charge in [0.1, 0.15) is 11.4 Å². The Morgan fingerprint density at radius 3 is 2.77 bits per heavy atom. The van der Waals surface area contributed by atoms with Crippen molar-refractivity contribution in [3.8, 4) is 0 Å². The Balaban J connectivity index is 1.43. The lowest BCUT2D eigenvalue weighted by Gasteiger charge is -2.42. The number of hydrogen-bond acceptors (Lipinski definition) is 7. The molecule has 164 valence electrons. The van der Waals surface area contributed by atoms with Crippen molar-refractivity contribution >= 4 is 23.1 Å². The summed E-state index contributed by atoms with van der Waals surface area (Å²) in [6, 6.07) is 4.83. The number of anilines is 1. The summed E-state index contributed by atoms with van der Waals surface area (Å²) in [7, 11) is 0. The van der Waals surface area contributed by atoms with Crippen LogP contribution in [0.2, 0.25) is 5.02 Å². The quantitative estimate of drug-likeness (QED) is 0.753. The molecule has 0 saturated carbocycles. The molecule has 0 aliphatic carbocycles. The molecular formula is C22H25ClFN5O2. The first-order chi connectivity index (χ1) is 14.9. The Labute approximate surface area is 185 Å². The summed E-state index contributed by atoms with van der Waals surface area (Å²) in [5, 5.41) is 10.0. The van der Waals surface area contributed by atoms with E-state index in [0.717, 1.165) is 25.9 Å². The second-order valence-corrected chi connectivity index (χ2v) is 9.01. The summed E-state index contributed by atoms with van der Waals surface area (Å²) in [6.45, 7) is 4.30. The van der Waals surface area contributed by atoms with Crippen LogP contribution in [0.5, 0.6) is 0 Å². The Kier molecular flexibility index (Phi) is 5.21. The van der Waals surface area contributed by atoms with Gasteiger partial charge in [0.2, 0.25) is 0 Å². The maximum absolute atomic E-state index is 14.6. The molecule has 2 aromatic rings. The first kappa shape index (κ1) is 20.8.